The first-order chi connectivity index (χ1) is 15.0. The smallest absolute Gasteiger partial charge is 0.219 e. The van der Waals surface area contributed by atoms with E-state index in [0.29, 0.717) is 43.0 Å². The minimum absolute atomic E-state index is 0.0200. The Labute approximate surface area is 209 Å². The zero-order chi connectivity index (χ0) is 23.4. The Kier molecular flexibility index (Phi) is 6.38. The normalized spacial score (nSPS) is 20.8. The fourth-order valence-electron chi connectivity index (χ4n) is 4.08. The molecular formula is C21H21Cl2N5OS3. The lowest BCUT2D eigenvalue weighted by molar-refractivity contribution is -0.118. The van der Waals surface area contributed by atoms with Gasteiger partial charge < -0.3 is 5.73 Å². The maximum atomic E-state index is 13.5. The molecule has 0 amide bonds. The van der Waals surface area contributed by atoms with Crippen molar-refractivity contribution in [1.82, 2.24) is 10.2 Å². The van der Waals surface area contributed by atoms with E-state index < -0.39 is 5.92 Å². The van der Waals surface area contributed by atoms with Gasteiger partial charge in [0.1, 0.15) is 5.82 Å². The summed E-state index contributed by atoms with van der Waals surface area (Å²) in [4.78, 5) is 15.9. The first-order valence-electron chi connectivity index (χ1n) is 9.93. The minimum atomic E-state index is -0.641. The van der Waals surface area contributed by atoms with Gasteiger partial charge in [-0.3, -0.25) is 9.69 Å². The third-order valence-corrected chi connectivity index (χ3v) is 9.00. The molecule has 0 bridgehead atoms. The number of Topliss-reactive ketones (excluding diaryl/α,β-unsaturated/α-hetero) is 1. The van der Waals surface area contributed by atoms with Crippen molar-refractivity contribution >= 4 is 68.6 Å². The Bertz CT molecular complexity index is 1200. The monoisotopic (exact) mass is 525 g/mol. The molecule has 0 spiro atoms. The van der Waals surface area contributed by atoms with E-state index in [2.05, 4.69) is 44.0 Å². The molecule has 11 heteroatoms. The maximum Gasteiger partial charge on any atom is 0.219 e. The molecule has 1 aliphatic heterocycles. The van der Waals surface area contributed by atoms with Crippen LogP contribution in [0.1, 0.15) is 51.3 Å². The van der Waals surface area contributed by atoms with Crippen LogP contribution in [-0.2, 0) is 4.79 Å². The van der Waals surface area contributed by atoms with Gasteiger partial charge in [0.15, 0.2) is 10.1 Å². The average molecular weight is 527 g/mol. The fourth-order valence-corrected chi connectivity index (χ4v) is 7.90. The quantitative estimate of drug-likeness (QED) is 0.464. The molecule has 1 aliphatic carbocycles. The van der Waals surface area contributed by atoms with E-state index in [1.807, 2.05) is 0 Å². The third-order valence-electron chi connectivity index (χ3n) is 5.25. The van der Waals surface area contributed by atoms with E-state index >= 15 is 0 Å². The van der Waals surface area contributed by atoms with E-state index in [1.54, 1.807) is 22.7 Å². The highest BCUT2D eigenvalue weighted by Gasteiger charge is 2.46. The number of allylic oxidation sites excluding steroid dienone is 3. The molecule has 6 nitrogen and oxygen atoms in total. The number of halogens is 2. The molecule has 2 aromatic heterocycles. The number of rotatable bonds is 4. The number of hydrogen-bond acceptors (Lipinski definition) is 9. The van der Waals surface area contributed by atoms with Gasteiger partial charge in [0, 0.05) is 27.8 Å². The highest BCUT2D eigenvalue weighted by atomic mass is 35.5. The first-order valence-corrected chi connectivity index (χ1v) is 13.2. The molecule has 3 heterocycles. The number of aromatic nitrogens is 2. The lowest BCUT2D eigenvalue weighted by atomic mass is 9.70. The van der Waals surface area contributed by atoms with Crippen LogP contribution in [0.25, 0.3) is 0 Å². The molecule has 2 aliphatic rings. The molecule has 0 aromatic carbocycles. The SMILES string of the molecule is CC(C)Sc1nnc(N2C(N)=C(C#N)[C@H](c3sc(Cl)cc3Cl)C3=C2CC(C)(C)CC3=O)s1. The Balaban J connectivity index is 1.94. The maximum absolute atomic E-state index is 13.5. The molecule has 0 saturated carbocycles. The number of hydrogen-bond donors (Lipinski definition) is 1. The van der Waals surface area contributed by atoms with Gasteiger partial charge in [-0.25, -0.2) is 0 Å². The Morgan fingerprint density at radius 2 is 2.03 bits per heavy atom. The van der Waals surface area contributed by atoms with Crippen LogP contribution in [0.15, 0.2) is 33.1 Å². The van der Waals surface area contributed by atoms with E-state index in [1.165, 1.54) is 22.7 Å². The van der Waals surface area contributed by atoms with Gasteiger partial charge >= 0.3 is 0 Å². The van der Waals surface area contributed by atoms with Crippen LogP contribution in [0.5, 0.6) is 0 Å². The summed E-state index contributed by atoms with van der Waals surface area (Å²) in [5.74, 6) is -0.412. The summed E-state index contributed by atoms with van der Waals surface area (Å²) in [6.07, 6.45) is 0.975. The Morgan fingerprint density at radius 3 is 2.62 bits per heavy atom. The van der Waals surface area contributed by atoms with Crippen LogP contribution < -0.4 is 10.6 Å². The van der Waals surface area contributed by atoms with Gasteiger partial charge in [0.05, 0.1) is 26.9 Å². The van der Waals surface area contributed by atoms with Crippen molar-refractivity contribution in [1.29, 1.82) is 5.26 Å². The van der Waals surface area contributed by atoms with Gasteiger partial charge in [-0.1, -0.05) is 74.0 Å². The van der Waals surface area contributed by atoms with Crippen LogP contribution in [0.4, 0.5) is 5.13 Å². The zero-order valence-electron chi connectivity index (χ0n) is 17.9. The summed E-state index contributed by atoms with van der Waals surface area (Å²) in [7, 11) is 0. The predicted octanol–water partition coefficient (Wildman–Crippen LogP) is 6.35. The van der Waals surface area contributed by atoms with Gasteiger partial charge in [0.25, 0.3) is 0 Å². The summed E-state index contributed by atoms with van der Waals surface area (Å²) in [5, 5.41) is 20.1. The Morgan fingerprint density at radius 1 is 1.31 bits per heavy atom. The van der Waals surface area contributed by atoms with Crippen LogP contribution in [0.3, 0.4) is 0 Å². The van der Waals surface area contributed by atoms with Crippen molar-refractivity contribution in [2.24, 2.45) is 11.1 Å². The highest BCUT2D eigenvalue weighted by Crippen LogP contribution is 2.53. The van der Waals surface area contributed by atoms with Crippen molar-refractivity contribution in [2.45, 2.75) is 56.0 Å². The van der Waals surface area contributed by atoms with E-state index in [4.69, 9.17) is 28.9 Å². The zero-order valence-corrected chi connectivity index (χ0v) is 21.9. The largest absolute Gasteiger partial charge is 0.384 e. The number of nitriles is 1. The van der Waals surface area contributed by atoms with Crippen molar-refractivity contribution in [3.8, 4) is 6.07 Å². The molecule has 1 atom stereocenters. The van der Waals surface area contributed by atoms with E-state index in [-0.39, 0.29) is 22.6 Å². The van der Waals surface area contributed by atoms with Crippen LogP contribution in [0.2, 0.25) is 9.36 Å². The third kappa shape index (κ3) is 4.19. The topological polar surface area (TPSA) is 95.9 Å². The number of ketones is 1. The Hall–Kier alpha value is -1.57. The summed E-state index contributed by atoms with van der Waals surface area (Å²) in [6.45, 7) is 8.27. The molecule has 0 saturated heterocycles. The van der Waals surface area contributed by atoms with Crippen molar-refractivity contribution < 1.29 is 4.79 Å². The number of carbonyl (C=O) groups is 1. The standard InChI is InChI=1S/C21H21Cl2N5OS3/c1-9(2)30-20-27-26-19(32-20)28-12-6-21(3,4)7-13(29)16(12)15(10(8-24)18(28)25)17-11(22)5-14(23)31-17/h5,9,15H,6-7,25H2,1-4H3/t15-/m0/s1. The number of thioether (sulfide) groups is 1. The minimum Gasteiger partial charge on any atom is -0.384 e. The predicted molar refractivity (Wildman–Crippen MR) is 132 cm³/mol. The number of nitrogens with two attached hydrogens (primary N) is 1. The lowest BCUT2D eigenvalue weighted by Crippen LogP contribution is -2.42. The summed E-state index contributed by atoms with van der Waals surface area (Å²) in [6, 6.07) is 3.87. The van der Waals surface area contributed by atoms with E-state index in [0.717, 1.165) is 10.0 Å². The average Bonchev–Trinajstić information content (AvgIpc) is 3.24. The van der Waals surface area contributed by atoms with Crippen molar-refractivity contribution in [2.75, 3.05) is 4.90 Å². The number of nitrogens with zero attached hydrogens (tertiary/aromatic N) is 4. The van der Waals surface area contributed by atoms with Gasteiger partial charge in [0.2, 0.25) is 5.13 Å². The van der Waals surface area contributed by atoms with Gasteiger partial charge in [-0.05, 0) is 17.9 Å². The molecule has 0 radical (unpaired) electrons. The molecule has 2 aromatic rings. The second-order valence-corrected chi connectivity index (χ2v) is 13.7. The molecule has 4 rings (SSSR count). The molecule has 32 heavy (non-hydrogen) atoms. The van der Waals surface area contributed by atoms with Crippen LogP contribution >= 0.6 is 57.6 Å². The first kappa shape index (κ1) is 23.6. The van der Waals surface area contributed by atoms with E-state index in [9.17, 15) is 10.1 Å². The fraction of sp³-hybridized carbons (Fsp3) is 0.429. The molecule has 168 valence electrons. The summed E-state index contributed by atoms with van der Waals surface area (Å²) >= 11 is 17.0. The second-order valence-electron chi connectivity index (χ2n) is 8.76. The molecule has 0 fully saturated rings. The van der Waals surface area contributed by atoms with Crippen LogP contribution in [0, 0.1) is 16.7 Å². The molecule has 2 N–H and O–H groups in total. The molecular weight excluding hydrogens is 505 g/mol. The van der Waals surface area contributed by atoms with Crippen LogP contribution in [-0.4, -0.2) is 21.2 Å². The molecule has 0 unspecified atom stereocenters. The number of carbonyl (C=O) groups excluding carboxylic acids is 1. The van der Waals surface area contributed by atoms with Gasteiger partial charge in [-0.15, -0.1) is 21.5 Å². The number of anilines is 1. The lowest BCUT2D eigenvalue weighted by Gasteiger charge is -2.42. The van der Waals surface area contributed by atoms with Crippen molar-refractivity contribution in [3.05, 3.63) is 43.0 Å². The second kappa shape index (κ2) is 8.65. The summed E-state index contributed by atoms with van der Waals surface area (Å²) in [5.41, 5.74) is 7.91. The number of thiophene rings is 1. The van der Waals surface area contributed by atoms with Gasteiger partial charge in [-0.2, -0.15) is 5.26 Å². The highest BCUT2D eigenvalue weighted by molar-refractivity contribution is 8.01. The summed E-state index contributed by atoms with van der Waals surface area (Å²) < 4.78 is 1.30. The van der Waals surface area contributed by atoms with Crippen molar-refractivity contribution in [3.63, 3.8) is 0 Å².